The summed E-state index contributed by atoms with van der Waals surface area (Å²) in [6, 6.07) is 0.270. The van der Waals surface area contributed by atoms with Crippen molar-refractivity contribution in [2.75, 3.05) is 13.2 Å². The zero-order chi connectivity index (χ0) is 11.3. The molecule has 0 saturated carbocycles. The molecule has 86 valence electrons. The number of nitrogens with zero attached hydrogens (tertiary/aromatic N) is 3. The first-order chi connectivity index (χ1) is 7.15. The Morgan fingerprint density at radius 3 is 2.87 bits per heavy atom. The van der Waals surface area contributed by atoms with Gasteiger partial charge in [-0.05, 0) is 13.8 Å². The van der Waals surface area contributed by atoms with Crippen molar-refractivity contribution in [2.45, 2.75) is 32.5 Å². The van der Waals surface area contributed by atoms with Gasteiger partial charge in [-0.25, -0.2) is 9.67 Å². The second-order valence-corrected chi connectivity index (χ2v) is 3.68. The summed E-state index contributed by atoms with van der Waals surface area (Å²) in [5.74, 6) is 0.829. The predicted molar refractivity (Wildman–Crippen MR) is 55.2 cm³/mol. The van der Waals surface area contributed by atoms with Crippen molar-refractivity contribution in [1.82, 2.24) is 20.1 Å². The first-order valence-corrected chi connectivity index (χ1v) is 5.03. The van der Waals surface area contributed by atoms with Crippen LogP contribution in [-0.2, 0) is 6.54 Å². The topological polar surface area (TPSA) is 83.2 Å². The molecule has 1 unspecified atom stereocenters. The maximum Gasteiger partial charge on any atom is 0.141 e. The summed E-state index contributed by atoms with van der Waals surface area (Å²) < 4.78 is 1.82. The summed E-state index contributed by atoms with van der Waals surface area (Å²) >= 11 is 0. The number of hydrogen-bond donors (Lipinski definition) is 3. The van der Waals surface area contributed by atoms with E-state index >= 15 is 0 Å². The molecule has 6 nitrogen and oxygen atoms in total. The van der Waals surface area contributed by atoms with Crippen LogP contribution in [0.25, 0.3) is 0 Å². The van der Waals surface area contributed by atoms with Gasteiger partial charge >= 0.3 is 0 Å². The van der Waals surface area contributed by atoms with Crippen LogP contribution in [0.1, 0.15) is 25.7 Å². The average Bonchev–Trinajstić information content (AvgIpc) is 2.65. The third-order valence-corrected chi connectivity index (χ3v) is 2.01. The van der Waals surface area contributed by atoms with E-state index < -0.39 is 6.10 Å². The molecule has 6 heteroatoms. The molecule has 1 aromatic rings. The Morgan fingerprint density at radius 2 is 2.27 bits per heavy atom. The molecular weight excluding hydrogens is 196 g/mol. The highest BCUT2D eigenvalue weighted by Gasteiger charge is 2.07. The Balaban J connectivity index is 2.40. The number of hydrogen-bond acceptors (Lipinski definition) is 5. The van der Waals surface area contributed by atoms with Crippen molar-refractivity contribution in [3.63, 3.8) is 0 Å². The van der Waals surface area contributed by atoms with Gasteiger partial charge in [-0.2, -0.15) is 5.10 Å². The van der Waals surface area contributed by atoms with Crippen molar-refractivity contribution >= 4 is 0 Å². The summed E-state index contributed by atoms with van der Waals surface area (Å²) in [5, 5.41) is 24.8. The molecule has 1 heterocycles. The van der Waals surface area contributed by atoms with Crippen LogP contribution >= 0.6 is 0 Å². The van der Waals surface area contributed by atoms with Gasteiger partial charge < -0.3 is 15.5 Å². The van der Waals surface area contributed by atoms with Crippen molar-refractivity contribution in [3.05, 3.63) is 12.2 Å². The average molecular weight is 214 g/mol. The van der Waals surface area contributed by atoms with Crippen LogP contribution in [0.5, 0.6) is 0 Å². The Hall–Kier alpha value is -0.980. The van der Waals surface area contributed by atoms with Gasteiger partial charge in [0, 0.05) is 12.6 Å². The highest BCUT2D eigenvalue weighted by Crippen LogP contribution is 2.04. The van der Waals surface area contributed by atoms with E-state index in [0.29, 0.717) is 13.1 Å². The number of nitrogens with one attached hydrogen (secondary N) is 1. The van der Waals surface area contributed by atoms with Gasteiger partial charge in [0.1, 0.15) is 12.2 Å². The van der Waals surface area contributed by atoms with Crippen LogP contribution in [-0.4, -0.2) is 44.2 Å². The Bertz CT molecular complexity index is 287. The number of aliphatic hydroxyl groups excluding tert-OH is 2. The quantitative estimate of drug-likeness (QED) is 0.583. The fourth-order valence-corrected chi connectivity index (χ4v) is 1.25. The molecule has 0 aliphatic rings. The van der Waals surface area contributed by atoms with Crippen molar-refractivity contribution in [2.24, 2.45) is 0 Å². The lowest BCUT2D eigenvalue weighted by Crippen LogP contribution is -2.30. The molecule has 0 aromatic carbocycles. The Kier molecular flexibility index (Phi) is 4.67. The van der Waals surface area contributed by atoms with E-state index in [4.69, 9.17) is 10.2 Å². The van der Waals surface area contributed by atoms with Gasteiger partial charge in [0.05, 0.1) is 19.3 Å². The molecule has 0 fully saturated rings. The molecule has 15 heavy (non-hydrogen) atoms. The second kappa shape index (κ2) is 5.79. The molecule has 3 N–H and O–H groups in total. The van der Waals surface area contributed by atoms with Gasteiger partial charge in [-0.1, -0.05) is 0 Å². The minimum Gasteiger partial charge on any atom is -0.394 e. The number of rotatable bonds is 6. The minimum absolute atomic E-state index is 0.232. The van der Waals surface area contributed by atoms with E-state index in [9.17, 15) is 0 Å². The van der Waals surface area contributed by atoms with Crippen molar-refractivity contribution < 1.29 is 10.2 Å². The molecule has 0 radical (unpaired) electrons. The highest BCUT2D eigenvalue weighted by atomic mass is 16.3. The zero-order valence-corrected chi connectivity index (χ0v) is 9.09. The summed E-state index contributed by atoms with van der Waals surface area (Å²) in [7, 11) is 0. The lowest BCUT2D eigenvalue weighted by molar-refractivity contribution is 0.0939. The zero-order valence-electron chi connectivity index (χ0n) is 9.09. The normalized spacial score (nSPS) is 13.4. The third-order valence-electron chi connectivity index (χ3n) is 2.01. The molecule has 0 aliphatic heterocycles. The van der Waals surface area contributed by atoms with Crippen LogP contribution in [0.4, 0.5) is 0 Å². The fourth-order valence-electron chi connectivity index (χ4n) is 1.25. The van der Waals surface area contributed by atoms with E-state index in [0.717, 1.165) is 5.82 Å². The first kappa shape index (κ1) is 12.1. The number of aromatic nitrogens is 3. The standard InChI is InChI=1S/C9H18N4O2/c1-7(2)13-9(11-6-12-13)4-10-3-8(15)5-14/h6-8,10,14-15H,3-5H2,1-2H3. The maximum absolute atomic E-state index is 9.11. The predicted octanol–water partition coefficient (Wildman–Crippen LogP) is -0.698. The summed E-state index contributed by atoms with van der Waals surface area (Å²) in [6.07, 6.45) is 0.792. The van der Waals surface area contributed by atoms with Gasteiger partial charge in [-0.3, -0.25) is 0 Å². The SMILES string of the molecule is CC(C)n1ncnc1CNCC(O)CO. The summed E-state index contributed by atoms with van der Waals surface area (Å²) in [6.45, 7) is 4.71. The molecule has 0 saturated heterocycles. The van der Waals surface area contributed by atoms with E-state index in [2.05, 4.69) is 15.4 Å². The maximum atomic E-state index is 9.11. The van der Waals surface area contributed by atoms with Gasteiger partial charge in [0.15, 0.2) is 0 Å². The van der Waals surface area contributed by atoms with Gasteiger partial charge in [-0.15, -0.1) is 0 Å². The van der Waals surface area contributed by atoms with Crippen LogP contribution in [0.15, 0.2) is 6.33 Å². The molecule has 1 aromatic heterocycles. The first-order valence-electron chi connectivity index (χ1n) is 5.03. The molecule has 0 amide bonds. The van der Waals surface area contributed by atoms with Crippen LogP contribution in [0.3, 0.4) is 0 Å². The molecular formula is C9H18N4O2. The lowest BCUT2D eigenvalue weighted by atomic mass is 10.3. The molecule has 0 bridgehead atoms. The Labute approximate surface area is 89.0 Å². The molecule has 0 aliphatic carbocycles. The summed E-state index contributed by atoms with van der Waals surface area (Å²) in [4.78, 5) is 4.11. The summed E-state index contributed by atoms with van der Waals surface area (Å²) in [5.41, 5.74) is 0. The van der Waals surface area contributed by atoms with E-state index in [1.165, 1.54) is 6.33 Å². The second-order valence-electron chi connectivity index (χ2n) is 3.68. The van der Waals surface area contributed by atoms with E-state index in [1.54, 1.807) is 0 Å². The van der Waals surface area contributed by atoms with Crippen LogP contribution in [0.2, 0.25) is 0 Å². The molecule has 1 rings (SSSR count). The van der Waals surface area contributed by atoms with Crippen LogP contribution < -0.4 is 5.32 Å². The number of aliphatic hydroxyl groups is 2. The lowest BCUT2D eigenvalue weighted by Gasteiger charge is -2.11. The minimum atomic E-state index is -0.722. The third kappa shape index (κ3) is 3.58. The largest absolute Gasteiger partial charge is 0.394 e. The van der Waals surface area contributed by atoms with Crippen molar-refractivity contribution in [1.29, 1.82) is 0 Å². The smallest absolute Gasteiger partial charge is 0.141 e. The molecule has 0 spiro atoms. The van der Waals surface area contributed by atoms with Gasteiger partial charge in [0.25, 0.3) is 0 Å². The monoisotopic (exact) mass is 214 g/mol. The fraction of sp³-hybridized carbons (Fsp3) is 0.778. The van der Waals surface area contributed by atoms with E-state index in [1.807, 2.05) is 18.5 Å². The Morgan fingerprint density at radius 1 is 1.53 bits per heavy atom. The van der Waals surface area contributed by atoms with E-state index in [-0.39, 0.29) is 12.6 Å². The van der Waals surface area contributed by atoms with Crippen molar-refractivity contribution in [3.8, 4) is 0 Å². The van der Waals surface area contributed by atoms with Gasteiger partial charge in [0.2, 0.25) is 0 Å². The van der Waals surface area contributed by atoms with Crippen LogP contribution in [0, 0.1) is 0 Å². The molecule has 1 atom stereocenters. The highest BCUT2D eigenvalue weighted by molar-refractivity contribution is 4.85.